The molecule has 4 saturated carbocycles. The number of β-amino-alcohol motifs (C(OH)–C–C–N with tert-alkyl or cyclic N) is 1. The highest BCUT2D eigenvalue weighted by molar-refractivity contribution is 5.01. The summed E-state index contributed by atoms with van der Waals surface area (Å²) < 4.78 is 5.95. The summed E-state index contributed by atoms with van der Waals surface area (Å²) in [6.45, 7) is 9.09. The lowest BCUT2D eigenvalue weighted by molar-refractivity contribution is -0.0746. The molecule has 4 aliphatic carbocycles. The fourth-order valence-electron chi connectivity index (χ4n) is 7.40. The van der Waals surface area contributed by atoms with Gasteiger partial charge in [-0.2, -0.15) is 0 Å². The highest BCUT2D eigenvalue weighted by atomic mass is 16.5. The van der Waals surface area contributed by atoms with Crippen LogP contribution in [0.25, 0.3) is 0 Å². The van der Waals surface area contributed by atoms with Crippen LogP contribution in [0.4, 0.5) is 0 Å². The van der Waals surface area contributed by atoms with Crippen LogP contribution in [0.5, 0.6) is 0 Å². The van der Waals surface area contributed by atoms with E-state index < -0.39 is 0 Å². The van der Waals surface area contributed by atoms with Gasteiger partial charge in [-0.25, -0.2) is 0 Å². The third kappa shape index (κ3) is 4.42. The van der Waals surface area contributed by atoms with Gasteiger partial charge in [0.25, 0.3) is 0 Å². The van der Waals surface area contributed by atoms with Gasteiger partial charge in [-0.15, -0.1) is 0 Å². The van der Waals surface area contributed by atoms with E-state index in [1.54, 1.807) is 0 Å². The lowest BCUT2D eigenvalue weighted by Crippen LogP contribution is -2.46. The zero-order valence-electron chi connectivity index (χ0n) is 16.5. The maximum Gasteiger partial charge on any atom is 0.0900 e. The third-order valence-corrected chi connectivity index (χ3v) is 7.67. The quantitative estimate of drug-likeness (QED) is 0.707. The first kappa shape index (κ1) is 18.3. The fraction of sp³-hybridized carbons (Fsp3) is 1.00. The molecule has 5 rings (SSSR count). The molecule has 0 spiro atoms. The van der Waals surface area contributed by atoms with Crippen LogP contribution < -0.4 is 0 Å². The Morgan fingerprint density at radius 1 is 0.960 bits per heavy atom. The Balaban J connectivity index is 1.16. The zero-order chi connectivity index (χ0) is 17.4. The van der Waals surface area contributed by atoms with E-state index in [-0.39, 0.29) is 6.10 Å². The van der Waals surface area contributed by atoms with Gasteiger partial charge in [0.1, 0.15) is 0 Å². The second-order valence-electron chi connectivity index (χ2n) is 10.6. The summed E-state index contributed by atoms with van der Waals surface area (Å²) in [6.07, 6.45) is 11.2. The zero-order valence-corrected chi connectivity index (χ0v) is 16.5. The van der Waals surface area contributed by atoms with Crippen LogP contribution in [0.3, 0.4) is 0 Å². The monoisotopic (exact) mass is 349 g/mol. The summed E-state index contributed by atoms with van der Waals surface area (Å²) in [7, 11) is 0. The van der Waals surface area contributed by atoms with E-state index >= 15 is 0 Å². The van der Waals surface area contributed by atoms with Crippen LogP contribution >= 0.6 is 0 Å². The van der Waals surface area contributed by atoms with Gasteiger partial charge >= 0.3 is 0 Å². The van der Waals surface area contributed by atoms with E-state index in [4.69, 9.17) is 4.74 Å². The molecule has 5 fully saturated rings. The van der Waals surface area contributed by atoms with Crippen LogP contribution in [-0.4, -0.2) is 49.0 Å². The molecule has 0 amide bonds. The average Bonchev–Trinajstić information content (AvgIpc) is 2.49. The van der Waals surface area contributed by atoms with Gasteiger partial charge in [-0.05, 0) is 86.4 Å². The molecule has 0 aromatic rings. The Morgan fingerprint density at radius 2 is 1.52 bits per heavy atom. The first-order valence-corrected chi connectivity index (χ1v) is 11.0. The van der Waals surface area contributed by atoms with Gasteiger partial charge in [0.2, 0.25) is 0 Å². The number of piperidine rings is 1. The van der Waals surface area contributed by atoms with Crippen molar-refractivity contribution in [2.45, 2.75) is 71.3 Å². The van der Waals surface area contributed by atoms with Crippen molar-refractivity contribution in [2.75, 3.05) is 32.8 Å². The predicted octanol–water partition coefficient (Wildman–Crippen LogP) is 3.95. The maximum absolute atomic E-state index is 10.4. The van der Waals surface area contributed by atoms with Crippen LogP contribution in [0.1, 0.15) is 65.2 Å². The largest absolute Gasteiger partial charge is 0.389 e. The molecule has 5 aliphatic rings. The van der Waals surface area contributed by atoms with E-state index in [9.17, 15) is 5.11 Å². The Kier molecular flexibility index (Phi) is 5.46. The van der Waals surface area contributed by atoms with Crippen LogP contribution in [0.15, 0.2) is 0 Å². The topological polar surface area (TPSA) is 32.7 Å². The average molecular weight is 350 g/mol. The molecule has 25 heavy (non-hydrogen) atoms. The number of nitrogens with zero attached hydrogens (tertiary/aromatic N) is 1. The van der Waals surface area contributed by atoms with Crippen molar-refractivity contribution in [1.29, 1.82) is 0 Å². The lowest BCUT2D eigenvalue weighted by Gasteiger charge is -2.57. The molecule has 1 saturated heterocycles. The SMILES string of the molecule is CC1CC(C)CN(CC(O)COCCC23CC4CC(CC(C4)C2)C3)C1. The van der Waals surface area contributed by atoms with Crippen molar-refractivity contribution in [3.8, 4) is 0 Å². The summed E-state index contributed by atoms with van der Waals surface area (Å²) in [5.74, 6) is 4.60. The van der Waals surface area contributed by atoms with Gasteiger partial charge < -0.3 is 14.7 Å². The number of ether oxygens (including phenoxy) is 1. The van der Waals surface area contributed by atoms with Gasteiger partial charge in [-0.3, -0.25) is 0 Å². The minimum Gasteiger partial charge on any atom is -0.389 e. The molecule has 1 aliphatic heterocycles. The van der Waals surface area contributed by atoms with E-state index in [1.807, 2.05) is 0 Å². The normalized spacial score (nSPS) is 45.0. The minimum absolute atomic E-state index is 0.325. The van der Waals surface area contributed by atoms with Gasteiger partial charge in [0.15, 0.2) is 0 Å². The van der Waals surface area contributed by atoms with E-state index in [1.165, 1.54) is 51.4 Å². The van der Waals surface area contributed by atoms with Crippen molar-refractivity contribution in [3.05, 3.63) is 0 Å². The van der Waals surface area contributed by atoms with Crippen molar-refractivity contribution >= 4 is 0 Å². The first-order valence-electron chi connectivity index (χ1n) is 11.0. The lowest BCUT2D eigenvalue weighted by atomic mass is 9.49. The molecule has 144 valence electrons. The Bertz CT molecular complexity index is 406. The minimum atomic E-state index is -0.325. The summed E-state index contributed by atoms with van der Waals surface area (Å²) >= 11 is 0. The fourth-order valence-corrected chi connectivity index (χ4v) is 7.40. The summed E-state index contributed by atoms with van der Waals surface area (Å²) in [4.78, 5) is 2.44. The Hall–Kier alpha value is -0.120. The maximum atomic E-state index is 10.4. The molecular weight excluding hydrogens is 310 g/mol. The number of aliphatic hydroxyl groups excluding tert-OH is 1. The molecule has 0 radical (unpaired) electrons. The number of hydrogen-bond donors (Lipinski definition) is 1. The van der Waals surface area contributed by atoms with Gasteiger partial charge in [0.05, 0.1) is 12.7 Å². The molecule has 3 unspecified atom stereocenters. The highest BCUT2D eigenvalue weighted by Gasteiger charge is 2.50. The molecule has 0 aromatic heterocycles. The predicted molar refractivity (Wildman–Crippen MR) is 101 cm³/mol. The van der Waals surface area contributed by atoms with Crippen LogP contribution in [0, 0.1) is 35.0 Å². The van der Waals surface area contributed by atoms with E-state index in [0.29, 0.717) is 12.0 Å². The third-order valence-electron chi connectivity index (χ3n) is 7.67. The Labute approximate surface area is 154 Å². The van der Waals surface area contributed by atoms with Crippen LogP contribution in [-0.2, 0) is 4.74 Å². The molecule has 3 nitrogen and oxygen atoms in total. The number of aliphatic hydroxyl groups is 1. The summed E-state index contributed by atoms with van der Waals surface area (Å²) in [5, 5.41) is 10.4. The van der Waals surface area contributed by atoms with Crippen molar-refractivity contribution in [2.24, 2.45) is 35.0 Å². The van der Waals surface area contributed by atoms with Crippen molar-refractivity contribution in [1.82, 2.24) is 4.90 Å². The summed E-state index contributed by atoms with van der Waals surface area (Å²) in [6, 6.07) is 0. The molecule has 4 bridgehead atoms. The summed E-state index contributed by atoms with van der Waals surface area (Å²) in [5.41, 5.74) is 0.609. The standard InChI is InChI=1S/C22H39NO2/c1-16-5-17(2)13-23(12-16)14-21(24)15-25-4-3-22-9-18-6-19(10-22)8-20(7-18)11-22/h16-21,24H,3-15H2,1-2H3. The second-order valence-corrected chi connectivity index (χ2v) is 10.6. The number of likely N-dealkylation sites (tertiary alicyclic amines) is 1. The smallest absolute Gasteiger partial charge is 0.0900 e. The number of hydrogen-bond acceptors (Lipinski definition) is 3. The first-order chi connectivity index (χ1) is 12.0. The van der Waals surface area contributed by atoms with E-state index in [2.05, 4.69) is 18.7 Å². The molecular formula is C22H39NO2. The Morgan fingerprint density at radius 3 is 2.08 bits per heavy atom. The molecule has 1 heterocycles. The van der Waals surface area contributed by atoms with Crippen molar-refractivity contribution in [3.63, 3.8) is 0 Å². The highest BCUT2D eigenvalue weighted by Crippen LogP contribution is 2.61. The second kappa shape index (κ2) is 7.48. The van der Waals surface area contributed by atoms with Crippen molar-refractivity contribution < 1.29 is 9.84 Å². The number of rotatable bonds is 7. The van der Waals surface area contributed by atoms with Gasteiger partial charge in [-0.1, -0.05) is 13.8 Å². The molecule has 3 heteroatoms. The molecule has 3 atom stereocenters. The van der Waals surface area contributed by atoms with Crippen LogP contribution in [0.2, 0.25) is 0 Å². The van der Waals surface area contributed by atoms with Gasteiger partial charge in [0, 0.05) is 26.2 Å². The molecule has 0 aromatic carbocycles. The molecule has 1 N–H and O–H groups in total. The van der Waals surface area contributed by atoms with E-state index in [0.717, 1.165) is 55.8 Å².